The Hall–Kier alpha value is -1.63. The van der Waals surface area contributed by atoms with Crippen LogP contribution in [-0.4, -0.2) is 15.5 Å². The van der Waals surface area contributed by atoms with E-state index in [1.807, 2.05) is 37.3 Å². The topological polar surface area (TPSA) is 71.3 Å². The lowest BCUT2D eigenvalue weighted by atomic mass is 10.1. The van der Waals surface area contributed by atoms with Crippen LogP contribution in [-0.2, 0) is 16.6 Å². The Labute approximate surface area is 119 Å². The summed E-state index contributed by atoms with van der Waals surface area (Å²) in [6.07, 6.45) is 0. The van der Waals surface area contributed by atoms with E-state index < -0.39 is 10.0 Å². The maximum atomic E-state index is 11.5. The molecule has 2 aromatic rings. The average molecular weight is 294 g/mol. The van der Waals surface area contributed by atoms with Gasteiger partial charge in [0.2, 0.25) is 5.09 Å². The van der Waals surface area contributed by atoms with Crippen LogP contribution in [0.2, 0.25) is 0 Å². The van der Waals surface area contributed by atoms with Gasteiger partial charge < -0.3 is 9.73 Å². The second kappa shape index (κ2) is 6.21. The number of hydrogen-bond acceptors (Lipinski definition) is 4. The second-order valence-corrected chi connectivity index (χ2v) is 6.26. The Morgan fingerprint density at radius 3 is 2.50 bits per heavy atom. The third kappa shape index (κ3) is 3.47. The minimum atomic E-state index is -3.51. The zero-order valence-electron chi connectivity index (χ0n) is 11.5. The maximum absolute atomic E-state index is 11.5. The maximum Gasteiger partial charge on any atom is 0.273 e. The van der Waals surface area contributed by atoms with E-state index in [2.05, 4.69) is 10.0 Å². The molecule has 0 radical (unpaired) electrons. The highest BCUT2D eigenvalue weighted by molar-refractivity contribution is 7.89. The average Bonchev–Trinajstić information content (AvgIpc) is 2.95. The highest BCUT2D eigenvalue weighted by atomic mass is 32.2. The van der Waals surface area contributed by atoms with Gasteiger partial charge in [-0.15, -0.1) is 0 Å². The highest BCUT2D eigenvalue weighted by Crippen LogP contribution is 2.16. The van der Waals surface area contributed by atoms with Crippen LogP contribution in [0.1, 0.15) is 24.3 Å². The molecule has 108 valence electrons. The van der Waals surface area contributed by atoms with Gasteiger partial charge in [-0.1, -0.05) is 30.3 Å². The molecular weight excluding hydrogens is 276 g/mol. The van der Waals surface area contributed by atoms with Crippen LogP contribution >= 0.6 is 0 Å². The van der Waals surface area contributed by atoms with E-state index in [9.17, 15) is 8.42 Å². The zero-order valence-corrected chi connectivity index (χ0v) is 12.3. The lowest BCUT2D eigenvalue weighted by Gasteiger charge is -2.12. The highest BCUT2D eigenvalue weighted by Gasteiger charge is 2.16. The first-order valence-electron chi connectivity index (χ1n) is 6.33. The summed E-state index contributed by atoms with van der Waals surface area (Å²) in [5.74, 6) is 0.585. The molecular formula is C14H18N2O3S. The molecule has 0 aliphatic carbocycles. The van der Waals surface area contributed by atoms with E-state index in [1.165, 1.54) is 18.7 Å². The molecule has 0 aliphatic rings. The van der Waals surface area contributed by atoms with Crippen molar-refractivity contribution in [3.63, 3.8) is 0 Å². The summed E-state index contributed by atoms with van der Waals surface area (Å²) in [7, 11) is -2.16. The Balaban J connectivity index is 1.99. The summed E-state index contributed by atoms with van der Waals surface area (Å²) in [5, 5.41) is 3.22. The predicted molar refractivity (Wildman–Crippen MR) is 76.7 cm³/mol. The Morgan fingerprint density at radius 1 is 1.15 bits per heavy atom. The largest absolute Gasteiger partial charge is 0.447 e. The fourth-order valence-corrected chi connectivity index (χ4v) is 2.48. The molecule has 1 heterocycles. The number of rotatable bonds is 6. The van der Waals surface area contributed by atoms with Gasteiger partial charge in [-0.2, -0.15) is 0 Å². The van der Waals surface area contributed by atoms with E-state index in [1.54, 1.807) is 6.07 Å². The van der Waals surface area contributed by atoms with E-state index in [-0.39, 0.29) is 11.1 Å². The summed E-state index contributed by atoms with van der Waals surface area (Å²) in [6.45, 7) is 2.51. The normalized spacial score (nSPS) is 13.3. The molecule has 0 spiro atoms. The monoisotopic (exact) mass is 294 g/mol. The third-order valence-corrected chi connectivity index (χ3v) is 4.34. The summed E-state index contributed by atoms with van der Waals surface area (Å²) in [5.41, 5.74) is 1.17. The molecule has 0 saturated heterocycles. The van der Waals surface area contributed by atoms with Gasteiger partial charge in [-0.25, -0.2) is 13.1 Å². The molecule has 20 heavy (non-hydrogen) atoms. The second-order valence-electron chi connectivity index (χ2n) is 4.44. The number of hydrogen-bond donors (Lipinski definition) is 2. The minimum Gasteiger partial charge on any atom is -0.447 e. The van der Waals surface area contributed by atoms with Crippen LogP contribution in [0.25, 0.3) is 0 Å². The van der Waals surface area contributed by atoms with Gasteiger partial charge in [0, 0.05) is 6.04 Å². The molecule has 6 heteroatoms. The van der Waals surface area contributed by atoms with Crippen molar-refractivity contribution >= 4 is 10.0 Å². The van der Waals surface area contributed by atoms with Crippen molar-refractivity contribution in [1.82, 2.24) is 10.0 Å². The van der Waals surface area contributed by atoms with Gasteiger partial charge in [-0.3, -0.25) is 0 Å². The Bertz CT molecular complexity index is 650. The quantitative estimate of drug-likeness (QED) is 0.855. The first-order chi connectivity index (χ1) is 9.53. The van der Waals surface area contributed by atoms with Crippen molar-refractivity contribution in [1.29, 1.82) is 0 Å². The van der Waals surface area contributed by atoms with Gasteiger partial charge in [0.25, 0.3) is 10.0 Å². The molecule has 2 N–H and O–H groups in total. The third-order valence-electron chi connectivity index (χ3n) is 3.05. The summed E-state index contributed by atoms with van der Waals surface area (Å²) >= 11 is 0. The van der Waals surface area contributed by atoms with Crippen molar-refractivity contribution in [2.45, 2.75) is 24.6 Å². The summed E-state index contributed by atoms with van der Waals surface area (Å²) in [6, 6.07) is 13.3. The van der Waals surface area contributed by atoms with Crippen LogP contribution in [0.4, 0.5) is 0 Å². The standard InChI is InChI=1S/C14H18N2O3S/c1-11(12-6-4-3-5-7-12)16-10-13-8-9-14(19-13)20(17,18)15-2/h3-9,11,15-16H,10H2,1-2H3/t11-/m1/s1. The van der Waals surface area contributed by atoms with Crippen molar-refractivity contribution in [2.24, 2.45) is 0 Å². The number of nitrogens with one attached hydrogen (secondary N) is 2. The van der Waals surface area contributed by atoms with E-state index in [0.717, 1.165) is 0 Å². The summed E-state index contributed by atoms with van der Waals surface area (Å²) < 4.78 is 30.6. The van der Waals surface area contributed by atoms with Crippen LogP contribution < -0.4 is 10.0 Å². The summed E-state index contributed by atoms with van der Waals surface area (Å²) in [4.78, 5) is 0. The van der Waals surface area contributed by atoms with Gasteiger partial charge in [-0.05, 0) is 31.7 Å². The van der Waals surface area contributed by atoms with Gasteiger partial charge in [0.05, 0.1) is 6.54 Å². The van der Waals surface area contributed by atoms with Gasteiger partial charge in [0.15, 0.2) is 0 Å². The molecule has 1 aromatic carbocycles. The Kier molecular flexibility index (Phi) is 4.59. The SMILES string of the molecule is CNS(=O)(=O)c1ccc(CN[C@H](C)c2ccccc2)o1. The molecule has 0 saturated carbocycles. The molecule has 2 rings (SSSR count). The van der Waals surface area contributed by atoms with Crippen molar-refractivity contribution in [3.8, 4) is 0 Å². The smallest absolute Gasteiger partial charge is 0.273 e. The molecule has 5 nitrogen and oxygen atoms in total. The molecule has 0 bridgehead atoms. The molecule has 0 unspecified atom stereocenters. The number of sulfonamides is 1. The van der Waals surface area contributed by atoms with Crippen molar-refractivity contribution in [2.75, 3.05) is 7.05 Å². The minimum absolute atomic E-state index is 0.0656. The van der Waals surface area contributed by atoms with Crippen LogP contribution in [0.5, 0.6) is 0 Å². The lowest BCUT2D eigenvalue weighted by Crippen LogP contribution is -2.18. The van der Waals surface area contributed by atoms with E-state index >= 15 is 0 Å². The van der Waals surface area contributed by atoms with Crippen LogP contribution in [0.3, 0.4) is 0 Å². The van der Waals surface area contributed by atoms with Crippen molar-refractivity contribution in [3.05, 3.63) is 53.8 Å². The van der Waals surface area contributed by atoms with Crippen LogP contribution in [0.15, 0.2) is 52.0 Å². The van der Waals surface area contributed by atoms with Crippen molar-refractivity contribution < 1.29 is 12.8 Å². The fourth-order valence-electron chi connectivity index (χ4n) is 1.81. The van der Waals surface area contributed by atoms with E-state index in [0.29, 0.717) is 12.3 Å². The number of benzene rings is 1. The van der Waals surface area contributed by atoms with Gasteiger partial charge >= 0.3 is 0 Å². The number of furan rings is 1. The lowest BCUT2D eigenvalue weighted by molar-refractivity contribution is 0.392. The van der Waals surface area contributed by atoms with Crippen LogP contribution in [0, 0.1) is 0 Å². The van der Waals surface area contributed by atoms with Gasteiger partial charge in [0.1, 0.15) is 5.76 Å². The van der Waals surface area contributed by atoms with E-state index in [4.69, 9.17) is 4.42 Å². The molecule has 0 aliphatic heterocycles. The molecule has 0 fully saturated rings. The molecule has 1 aromatic heterocycles. The zero-order chi connectivity index (χ0) is 14.6. The fraction of sp³-hybridized carbons (Fsp3) is 0.286. The Morgan fingerprint density at radius 2 is 1.85 bits per heavy atom. The first-order valence-corrected chi connectivity index (χ1v) is 7.82. The molecule has 1 atom stereocenters. The first kappa shape index (κ1) is 14.8. The predicted octanol–water partition coefficient (Wildman–Crippen LogP) is 2.04. The molecule has 0 amide bonds.